The first kappa shape index (κ1) is 37.9. The number of ether oxygens (including phenoxy) is 1. The lowest BCUT2D eigenvalue weighted by molar-refractivity contribution is -0.138. The van der Waals surface area contributed by atoms with Crippen molar-refractivity contribution in [2.24, 2.45) is 5.73 Å². The second-order valence-corrected chi connectivity index (χ2v) is 14.0. The molecule has 8 N–H and O–H groups in total. The molecule has 45 heavy (non-hydrogen) atoms. The van der Waals surface area contributed by atoms with Crippen LogP contribution in [-0.2, 0) is 40.9 Å². The Kier molecular flexibility index (Phi) is 13.3. The van der Waals surface area contributed by atoms with E-state index in [9.17, 15) is 28.2 Å². The molecule has 0 aliphatic carbocycles. The number of rotatable bonds is 9. The van der Waals surface area contributed by atoms with E-state index in [2.05, 4.69) is 15.0 Å². The van der Waals surface area contributed by atoms with Crippen molar-refractivity contribution >= 4 is 60.1 Å². The first-order chi connectivity index (χ1) is 20.7. The molecule has 1 aromatic carbocycles. The summed E-state index contributed by atoms with van der Waals surface area (Å²) in [5, 5.41) is 29.7. The number of anilines is 1. The number of nitrogens with two attached hydrogens (primary N) is 2. The van der Waals surface area contributed by atoms with E-state index in [0.717, 1.165) is 0 Å². The van der Waals surface area contributed by atoms with Gasteiger partial charge in [-0.25, -0.2) is 15.0 Å². The smallest absolute Gasteiger partial charge is 0.320 e. The number of ketones is 1. The third kappa shape index (κ3) is 11.5. The number of hydrogen-bond donors (Lipinski definition) is 6. The quantitative estimate of drug-likeness (QED) is 0.0602. The molecule has 1 saturated heterocycles. The number of aliphatic hydroxyl groups excluding tert-OH is 2. The van der Waals surface area contributed by atoms with Gasteiger partial charge in [-0.2, -0.15) is 8.42 Å². The second kappa shape index (κ2) is 15.8. The topological polar surface area (TPSA) is 334 Å². The Hall–Kier alpha value is -3.32. The van der Waals surface area contributed by atoms with Crippen LogP contribution in [0.25, 0.3) is 11.2 Å². The number of carbonyl (C=O) groups excluding carboxylic acids is 1. The van der Waals surface area contributed by atoms with E-state index in [-0.39, 0.29) is 27.4 Å². The van der Waals surface area contributed by atoms with Crippen molar-refractivity contribution in [2.75, 3.05) is 23.5 Å². The van der Waals surface area contributed by atoms with Gasteiger partial charge in [-0.05, 0) is 30.0 Å². The molecular weight excluding hydrogens is 664 g/mol. The van der Waals surface area contributed by atoms with Gasteiger partial charge in [-0.15, -0.1) is 0 Å². The molecule has 1 aliphatic rings. The summed E-state index contributed by atoms with van der Waals surface area (Å²) in [7, 11) is -9.56. The Labute approximate surface area is 259 Å². The van der Waals surface area contributed by atoms with E-state index in [1.165, 1.54) is 48.4 Å². The maximum atomic E-state index is 10.8. The summed E-state index contributed by atoms with van der Waals surface area (Å²) in [4.78, 5) is 33.5. The van der Waals surface area contributed by atoms with Crippen molar-refractivity contribution in [3.63, 3.8) is 0 Å². The fourth-order valence-electron chi connectivity index (χ4n) is 3.83. The molecule has 3 heterocycles. The van der Waals surface area contributed by atoms with E-state index in [0.29, 0.717) is 34.7 Å². The molecule has 1 fully saturated rings. The Morgan fingerprint density at radius 2 is 1.67 bits per heavy atom. The van der Waals surface area contributed by atoms with Crippen LogP contribution in [0.1, 0.15) is 29.9 Å². The van der Waals surface area contributed by atoms with Crippen molar-refractivity contribution < 1.29 is 60.1 Å². The molecule has 0 saturated carbocycles. The van der Waals surface area contributed by atoms with Crippen LogP contribution in [-0.4, -0.2) is 119 Å². The highest BCUT2D eigenvalue weighted by atomic mass is 32.3. The first-order valence-corrected chi connectivity index (χ1v) is 17.2. The van der Waals surface area contributed by atoms with Gasteiger partial charge < -0.3 is 40.6 Å². The minimum atomic E-state index is -5.17. The van der Waals surface area contributed by atoms with E-state index in [1.807, 2.05) is 6.26 Å². The lowest BCUT2D eigenvalue weighted by Gasteiger charge is -2.16. The number of aliphatic hydroxyl groups is 2. The van der Waals surface area contributed by atoms with Crippen LogP contribution in [0.15, 0.2) is 41.8 Å². The Morgan fingerprint density at radius 1 is 1.09 bits per heavy atom. The highest BCUT2D eigenvalue weighted by molar-refractivity contribution is 7.96. The SMILES string of the molecule is CC(=O)c1ccc(S(=O)(=O)O)cc1.C[S+](CC[C@H](N)C(=O)O)C[C@H]1O[C@@H](n2cnc3c(N)ncnc32)[C@H](O)[C@@H]1O.O=S(=O)([O-])[O-]. The lowest BCUT2D eigenvalue weighted by atomic mass is 10.1. The van der Waals surface area contributed by atoms with Gasteiger partial charge in [-0.1, -0.05) is 12.1 Å². The molecule has 0 radical (unpaired) electrons. The number of nitrogens with zero attached hydrogens (tertiary/aromatic N) is 4. The third-order valence-electron chi connectivity index (χ3n) is 6.10. The normalized spacial score (nSPS) is 21.2. The van der Waals surface area contributed by atoms with Crippen LogP contribution in [0.2, 0.25) is 0 Å². The van der Waals surface area contributed by atoms with E-state index in [1.54, 1.807) is 0 Å². The number of fused-ring (bicyclic) bond motifs is 1. The van der Waals surface area contributed by atoms with Crippen molar-refractivity contribution in [2.45, 2.75) is 48.8 Å². The number of carbonyl (C=O) groups is 2. The molecule has 250 valence electrons. The zero-order chi connectivity index (χ0) is 34.3. The van der Waals surface area contributed by atoms with Crippen molar-refractivity contribution in [3.8, 4) is 0 Å². The highest BCUT2D eigenvalue weighted by Crippen LogP contribution is 2.32. The van der Waals surface area contributed by atoms with Gasteiger partial charge in [0.15, 0.2) is 23.5 Å². The highest BCUT2D eigenvalue weighted by Gasteiger charge is 2.46. The average molecular weight is 696 g/mol. The zero-order valence-corrected chi connectivity index (χ0v) is 26.1. The zero-order valence-electron chi connectivity index (χ0n) is 23.6. The number of aliphatic carboxylic acids is 1. The number of nitrogen functional groups attached to an aromatic ring is 1. The van der Waals surface area contributed by atoms with E-state index in [4.69, 9.17) is 43.4 Å². The molecule has 0 amide bonds. The van der Waals surface area contributed by atoms with Gasteiger partial charge in [0.2, 0.25) is 0 Å². The molecule has 1 unspecified atom stereocenters. The first-order valence-electron chi connectivity index (χ1n) is 12.5. The largest absolute Gasteiger partial charge is 0.759 e. The molecule has 1 aliphatic heterocycles. The Morgan fingerprint density at radius 3 is 2.18 bits per heavy atom. The molecule has 6 atom stereocenters. The summed E-state index contributed by atoms with van der Waals surface area (Å²) in [5.74, 6) is 0.103. The van der Waals surface area contributed by atoms with Gasteiger partial charge >= 0.3 is 5.97 Å². The molecule has 4 rings (SSSR count). The summed E-state index contributed by atoms with van der Waals surface area (Å²) in [6.45, 7) is 1.38. The molecular formula is C23H31N6O13S3-. The summed E-state index contributed by atoms with van der Waals surface area (Å²) in [6, 6.07) is 4.17. The van der Waals surface area contributed by atoms with Gasteiger partial charge in [-0.3, -0.25) is 27.1 Å². The van der Waals surface area contributed by atoms with Crippen LogP contribution in [0.3, 0.4) is 0 Å². The van der Waals surface area contributed by atoms with Crippen molar-refractivity contribution in [1.29, 1.82) is 0 Å². The lowest BCUT2D eigenvalue weighted by Crippen LogP contribution is -2.37. The van der Waals surface area contributed by atoms with E-state index < -0.39 is 57.1 Å². The number of Topliss-reactive ketones (excluding diaryl/α,β-unsaturated/α-hetero) is 1. The summed E-state index contributed by atoms with van der Waals surface area (Å²) >= 11 is 0. The predicted molar refractivity (Wildman–Crippen MR) is 156 cm³/mol. The number of carboxylic acid groups (broad SMARTS) is 1. The molecule has 0 spiro atoms. The number of hydrogen-bond acceptors (Lipinski definition) is 16. The number of benzene rings is 1. The van der Waals surface area contributed by atoms with Gasteiger partial charge in [0.1, 0.15) is 47.7 Å². The van der Waals surface area contributed by atoms with Crippen molar-refractivity contribution in [1.82, 2.24) is 19.5 Å². The molecule has 3 aromatic rings. The number of carboxylic acids is 1. The van der Waals surface area contributed by atoms with Gasteiger partial charge in [0.25, 0.3) is 10.1 Å². The minimum Gasteiger partial charge on any atom is -0.759 e. The van der Waals surface area contributed by atoms with Crippen LogP contribution in [0, 0.1) is 0 Å². The van der Waals surface area contributed by atoms with Crippen LogP contribution < -0.4 is 11.5 Å². The van der Waals surface area contributed by atoms with Crippen LogP contribution in [0.4, 0.5) is 5.82 Å². The molecule has 2 aromatic heterocycles. The number of aromatic nitrogens is 4. The Bertz CT molecular complexity index is 1680. The summed E-state index contributed by atoms with van der Waals surface area (Å²) < 4.78 is 71.3. The average Bonchev–Trinajstić information content (AvgIpc) is 3.48. The number of imidazole rings is 1. The molecule has 19 nitrogen and oxygen atoms in total. The molecule has 22 heteroatoms. The fourth-order valence-corrected chi connectivity index (χ4v) is 5.97. The third-order valence-corrected chi connectivity index (χ3v) is 8.80. The Balaban J connectivity index is 0.000000325. The predicted octanol–water partition coefficient (Wildman–Crippen LogP) is -2.12. The van der Waals surface area contributed by atoms with Gasteiger partial charge in [0, 0.05) is 22.4 Å². The standard InChI is InChI=1S/C15H22N6O5S.C8H8O4S.H2O4S/c1-27(3-2-7(16)15(24)25)4-8-10(22)11(23)14(26-8)21-6-20-9-12(17)18-5-19-13(9)21;1-6(9)7-2-4-8(5-3-7)13(10,11)12;1-5(2,3)4/h5-8,10-11,14,22-23H,2-4,16H2,1H3,(H2-,17,18,19,24,25);2-5H,1H3,(H,10,11,12);(H2,1,2,3,4)/p-1/t7-,8+,10+,11+,14+,27?;;/m0../s1. The fraction of sp³-hybridized carbons (Fsp3) is 0.435. The molecule has 0 bridgehead atoms. The van der Waals surface area contributed by atoms with Crippen molar-refractivity contribution in [3.05, 3.63) is 42.5 Å². The van der Waals surface area contributed by atoms with Gasteiger partial charge in [0.05, 0.1) is 17.5 Å². The maximum Gasteiger partial charge on any atom is 0.320 e. The second-order valence-electron chi connectivity index (χ2n) is 9.48. The van der Waals surface area contributed by atoms with Crippen LogP contribution in [0.5, 0.6) is 0 Å². The van der Waals surface area contributed by atoms with E-state index >= 15 is 0 Å². The monoisotopic (exact) mass is 695 g/mol. The van der Waals surface area contributed by atoms with Crippen LogP contribution >= 0.6 is 0 Å². The maximum absolute atomic E-state index is 10.8. The summed E-state index contributed by atoms with van der Waals surface area (Å²) in [5.41, 5.74) is 12.5. The minimum absolute atomic E-state index is 0.151. The summed E-state index contributed by atoms with van der Waals surface area (Å²) in [6.07, 6.45) is 1.31.